The van der Waals surface area contributed by atoms with E-state index in [1.54, 1.807) is 12.1 Å². The van der Waals surface area contributed by atoms with Crippen LogP contribution in [0.5, 0.6) is 0 Å². The molecule has 0 aliphatic carbocycles. The van der Waals surface area contributed by atoms with E-state index in [1.807, 2.05) is 0 Å². The Bertz CT molecular complexity index is 536. The lowest BCUT2D eigenvalue weighted by molar-refractivity contribution is -0.119. The Morgan fingerprint density at radius 3 is 2.70 bits per heavy atom. The molecule has 0 bridgehead atoms. The van der Waals surface area contributed by atoms with Crippen LogP contribution in [0.1, 0.15) is 0 Å². The molecule has 0 spiro atoms. The van der Waals surface area contributed by atoms with Gasteiger partial charge in [-0.05, 0) is 18.2 Å². The highest BCUT2D eigenvalue weighted by Crippen LogP contribution is 2.15. The Morgan fingerprint density at radius 1 is 1.40 bits per heavy atom. The quantitative estimate of drug-likeness (QED) is 0.650. The topological polar surface area (TPSA) is 111 Å². The molecule has 20 heavy (non-hydrogen) atoms. The molecule has 0 aliphatic rings. The van der Waals surface area contributed by atoms with E-state index in [0.29, 0.717) is 5.69 Å². The molecular formula is C11H18ClN3O4S. The van der Waals surface area contributed by atoms with Crippen molar-refractivity contribution in [1.29, 1.82) is 0 Å². The van der Waals surface area contributed by atoms with E-state index >= 15 is 0 Å². The van der Waals surface area contributed by atoms with E-state index in [-0.39, 0.29) is 42.9 Å². The van der Waals surface area contributed by atoms with Crippen LogP contribution in [0.25, 0.3) is 0 Å². The van der Waals surface area contributed by atoms with Crippen LogP contribution in [0.15, 0.2) is 29.2 Å². The molecule has 4 N–H and O–H groups in total. The number of nitrogens with one attached hydrogen (secondary N) is 2. The van der Waals surface area contributed by atoms with E-state index in [1.165, 1.54) is 19.2 Å². The lowest BCUT2D eigenvalue weighted by Crippen LogP contribution is -2.29. The van der Waals surface area contributed by atoms with Crippen molar-refractivity contribution in [2.24, 2.45) is 5.73 Å². The van der Waals surface area contributed by atoms with Crippen LogP contribution in [-0.4, -0.2) is 41.1 Å². The fraction of sp³-hybridized carbons (Fsp3) is 0.364. The number of carbonyl (C=O) groups excluding carboxylic acids is 1. The van der Waals surface area contributed by atoms with E-state index in [4.69, 9.17) is 5.73 Å². The summed E-state index contributed by atoms with van der Waals surface area (Å²) in [5.74, 6) is -0.355. The lowest BCUT2D eigenvalue weighted by atomic mass is 10.3. The van der Waals surface area contributed by atoms with Crippen molar-refractivity contribution < 1.29 is 17.9 Å². The average molecular weight is 324 g/mol. The Morgan fingerprint density at radius 2 is 2.10 bits per heavy atom. The number of anilines is 1. The van der Waals surface area contributed by atoms with Crippen LogP contribution in [-0.2, 0) is 19.6 Å². The van der Waals surface area contributed by atoms with E-state index in [9.17, 15) is 13.2 Å². The molecule has 1 aromatic rings. The highest BCUT2D eigenvalue weighted by molar-refractivity contribution is 7.89. The predicted octanol–water partition coefficient (Wildman–Crippen LogP) is -0.0697. The summed E-state index contributed by atoms with van der Waals surface area (Å²) in [4.78, 5) is 11.4. The Kier molecular flexibility index (Phi) is 8.35. The van der Waals surface area contributed by atoms with Gasteiger partial charge in [-0.2, -0.15) is 0 Å². The predicted molar refractivity (Wildman–Crippen MR) is 78.4 cm³/mol. The van der Waals surface area contributed by atoms with Gasteiger partial charge in [0, 0.05) is 25.9 Å². The summed E-state index contributed by atoms with van der Waals surface area (Å²) in [6.45, 7) is 0.272. The number of rotatable bonds is 7. The number of halogens is 1. The summed E-state index contributed by atoms with van der Waals surface area (Å²) in [7, 11) is -2.21. The fourth-order valence-corrected chi connectivity index (χ4v) is 2.44. The number of methoxy groups -OCH3 is 1. The first-order chi connectivity index (χ1) is 8.99. The van der Waals surface area contributed by atoms with Crippen LogP contribution in [0.4, 0.5) is 5.69 Å². The summed E-state index contributed by atoms with van der Waals surface area (Å²) >= 11 is 0. The molecule has 0 atom stereocenters. The second kappa shape index (κ2) is 8.88. The number of hydrogen-bond acceptors (Lipinski definition) is 5. The first-order valence-corrected chi connectivity index (χ1v) is 7.06. The van der Waals surface area contributed by atoms with Gasteiger partial charge in [-0.1, -0.05) is 6.07 Å². The van der Waals surface area contributed by atoms with Crippen molar-refractivity contribution >= 4 is 34.0 Å². The number of ether oxygens (including phenoxy) is 1. The van der Waals surface area contributed by atoms with Gasteiger partial charge < -0.3 is 15.8 Å². The standard InChI is InChI=1S/C11H17N3O4S.ClH/c1-18-8-11(15)14-9-3-2-4-10(7-9)19(16,17)13-6-5-12;/h2-4,7,13H,5-6,8,12H2,1H3,(H,14,15);1H. The average Bonchev–Trinajstić information content (AvgIpc) is 2.37. The van der Waals surface area contributed by atoms with Gasteiger partial charge in [0.1, 0.15) is 6.61 Å². The highest BCUT2D eigenvalue weighted by Gasteiger charge is 2.13. The normalized spacial score (nSPS) is 10.7. The van der Waals surface area contributed by atoms with E-state index in [0.717, 1.165) is 0 Å². The van der Waals surface area contributed by atoms with Crippen LogP contribution in [0.2, 0.25) is 0 Å². The Balaban J connectivity index is 0.00000361. The monoisotopic (exact) mass is 323 g/mol. The lowest BCUT2D eigenvalue weighted by Gasteiger charge is -2.08. The molecule has 0 saturated carbocycles. The number of benzene rings is 1. The third-order valence-corrected chi connectivity index (χ3v) is 3.60. The van der Waals surface area contributed by atoms with Gasteiger partial charge in [-0.15, -0.1) is 12.4 Å². The molecule has 1 aromatic carbocycles. The van der Waals surface area contributed by atoms with Crippen molar-refractivity contribution in [3.63, 3.8) is 0 Å². The van der Waals surface area contributed by atoms with Gasteiger partial charge in [0.2, 0.25) is 15.9 Å². The van der Waals surface area contributed by atoms with Crippen LogP contribution >= 0.6 is 12.4 Å². The molecule has 114 valence electrons. The second-order valence-electron chi connectivity index (χ2n) is 3.70. The molecular weight excluding hydrogens is 306 g/mol. The highest BCUT2D eigenvalue weighted by atomic mass is 35.5. The van der Waals surface area contributed by atoms with Crippen molar-refractivity contribution in [3.05, 3.63) is 24.3 Å². The van der Waals surface area contributed by atoms with Crippen molar-refractivity contribution in [2.45, 2.75) is 4.90 Å². The molecule has 0 fully saturated rings. The maximum Gasteiger partial charge on any atom is 0.250 e. The zero-order valence-electron chi connectivity index (χ0n) is 11.0. The van der Waals surface area contributed by atoms with Crippen LogP contribution in [0, 0.1) is 0 Å². The van der Waals surface area contributed by atoms with E-state index < -0.39 is 10.0 Å². The fourth-order valence-electron chi connectivity index (χ4n) is 1.35. The number of carbonyl (C=O) groups is 1. The molecule has 0 aromatic heterocycles. The number of hydrogen-bond donors (Lipinski definition) is 3. The minimum absolute atomic E-state index is 0. The molecule has 7 nitrogen and oxygen atoms in total. The molecule has 0 heterocycles. The largest absolute Gasteiger partial charge is 0.375 e. The van der Waals surface area contributed by atoms with Gasteiger partial charge >= 0.3 is 0 Å². The Hall–Kier alpha value is -1.19. The molecule has 9 heteroatoms. The third kappa shape index (κ3) is 5.85. The summed E-state index contributed by atoms with van der Waals surface area (Å²) < 4.78 is 30.7. The first-order valence-electron chi connectivity index (χ1n) is 5.58. The third-order valence-electron chi connectivity index (χ3n) is 2.14. The maximum atomic E-state index is 11.9. The van der Waals surface area contributed by atoms with Gasteiger partial charge in [-0.3, -0.25) is 4.79 Å². The summed E-state index contributed by atoms with van der Waals surface area (Å²) in [6.07, 6.45) is 0. The van der Waals surface area contributed by atoms with Gasteiger partial charge in [-0.25, -0.2) is 13.1 Å². The molecule has 0 unspecified atom stereocenters. The van der Waals surface area contributed by atoms with E-state index in [2.05, 4.69) is 14.8 Å². The molecule has 1 amide bonds. The summed E-state index contributed by atoms with van der Waals surface area (Å²) in [5.41, 5.74) is 5.63. The number of amides is 1. The van der Waals surface area contributed by atoms with Crippen molar-refractivity contribution in [3.8, 4) is 0 Å². The minimum atomic E-state index is -3.61. The molecule has 0 saturated heterocycles. The minimum Gasteiger partial charge on any atom is -0.375 e. The molecule has 1 rings (SSSR count). The summed E-state index contributed by atoms with van der Waals surface area (Å²) in [5, 5.41) is 2.53. The number of sulfonamides is 1. The summed E-state index contributed by atoms with van der Waals surface area (Å²) in [6, 6.07) is 5.94. The smallest absolute Gasteiger partial charge is 0.250 e. The molecule has 0 radical (unpaired) electrons. The van der Waals surface area contributed by atoms with Crippen molar-refractivity contribution in [1.82, 2.24) is 4.72 Å². The zero-order chi connectivity index (χ0) is 14.3. The Labute approximate surface area is 124 Å². The SMILES string of the molecule is COCC(=O)Nc1cccc(S(=O)(=O)NCCN)c1.Cl. The maximum absolute atomic E-state index is 11.9. The van der Waals surface area contributed by atoms with Crippen LogP contribution < -0.4 is 15.8 Å². The van der Waals surface area contributed by atoms with Gasteiger partial charge in [0.25, 0.3) is 0 Å². The first kappa shape index (κ1) is 18.8. The second-order valence-corrected chi connectivity index (χ2v) is 5.46. The van der Waals surface area contributed by atoms with Gasteiger partial charge in [0.05, 0.1) is 4.90 Å². The molecule has 0 aliphatic heterocycles. The number of nitrogens with two attached hydrogens (primary N) is 1. The zero-order valence-corrected chi connectivity index (χ0v) is 12.6. The van der Waals surface area contributed by atoms with Gasteiger partial charge in [0.15, 0.2) is 0 Å². The van der Waals surface area contributed by atoms with Crippen molar-refractivity contribution in [2.75, 3.05) is 32.1 Å². The van der Waals surface area contributed by atoms with Crippen LogP contribution in [0.3, 0.4) is 0 Å².